The molecule has 0 amide bonds. The Hall–Kier alpha value is -2.29. The summed E-state index contributed by atoms with van der Waals surface area (Å²) in [5, 5.41) is 9.68. The van der Waals surface area contributed by atoms with Gasteiger partial charge < -0.3 is 14.0 Å². The SMILES string of the molecule is CC(C)(C)OC(=O)C[C@@](C#N)(C(=O)OC(C)(C)C)n1cccc1. The summed E-state index contributed by atoms with van der Waals surface area (Å²) in [7, 11) is 0. The molecule has 23 heavy (non-hydrogen) atoms. The van der Waals surface area contributed by atoms with E-state index in [9.17, 15) is 14.9 Å². The van der Waals surface area contributed by atoms with Gasteiger partial charge in [0.2, 0.25) is 5.54 Å². The molecule has 6 heteroatoms. The molecule has 0 aliphatic rings. The van der Waals surface area contributed by atoms with Gasteiger partial charge in [-0.25, -0.2) is 4.79 Å². The molecule has 1 aromatic heterocycles. The molecule has 0 aliphatic heterocycles. The Kier molecular flexibility index (Phi) is 5.26. The van der Waals surface area contributed by atoms with Crippen molar-refractivity contribution in [2.45, 2.75) is 64.7 Å². The summed E-state index contributed by atoms with van der Waals surface area (Å²) < 4.78 is 12.0. The molecule has 1 heterocycles. The maximum atomic E-state index is 12.6. The van der Waals surface area contributed by atoms with Gasteiger partial charge in [0.05, 0.1) is 6.42 Å². The van der Waals surface area contributed by atoms with E-state index in [0.717, 1.165) is 0 Å². The van der Waals surface area contributed by atoms with Crippen LogP contribution in [-0.4, -0.2) is 27.7 Å². The number of rotatable bonds is 4. The average molecular weight is 320 g/mol. The van der Waals surface area contributed by atoms with Crippen LogP contribution in [0.15, 0.2) is 24.5 Å². The van der Waals surface area contributed by atoms with Gasteiger partial charge in [-0.15, -0.1) is 0 Å². The predicted molar refractivity (Wildman–Crippen MR) is 84.3 cm³/mol. The summed E-state index contributed by atoms with van der Waals surface area (Å²) in [5.74, 6) is -1.42. The second-order valence-electron chi connectivity index (χ2n) is 7.33. The summed E-state index contributed by atoms with van der Waals surface area (Å²) in [6.07, 6.45) is 2.68. The molecule has 0 saturated heterocycles. The molecular formula is C17H24N2O4. The van der Waals surface area contributed by atoms with Gasteiger partial charge in [-0.2, -0.15) is 5.26 Å². The van der Waals surface area contributed by atoms with E-state index in [2.05, 4.69) is 0 Å². The normalized spacial score (nSPS) is 14.5. The van der Waals surface area contributed by atoms with Gasteiger partial charge in [0, 0.05) is 12.4 Å². The fourth-order valence-corrected chi connectivity index (χ4v) is 1.95. The number of nitrogens with zero attached hydrogens (tertiary/aromatic N) is 2. The molecule has 0 radical (unpaired) electrons. The third-order valence-corrected chi connectivity index (χ3v) is 2.79. The summed E-state index contributed by atoms with van der Waals surface area (Å²) >= 11 is 0. The molecular weight excluding hydrogens is 296 g/mol. The number of esters is 2. The second kappa shape index (κ2) is 6.45. The van der Waals surface area contributed by atoms with Crippen molar-refractivity contribution in [3.8, 4) is 6.07 Å². The van der Waals surface area contributed by atoms with Crippen LogP contribution in [0.4, 0.5) is 0 Å². The van der Waals surface area contributed by atoms with Crippen LogP contribution in [0.25, 0.3) is 0 Å². The molecule has 0 saturated carbocycles. The van der Waals surface area contributed by atoms with Gasteiger partial charge in [0.25, 0.3) is 0 Å². The zero-order chi connectivity index (χ0) is 17.9. The van der Waals surface area contributed by atoms with E-state index in [4.69, 9.17) is 9.47 Å². The van der Waals surface area contributed by atoms with E-state index in [1.807, 2.05) is 6.07 Å². The van der Waals surface area contributed by atoms with Crippen molar-refractivity contribution in [3.05, 3.63) is 24.5 Å². The first-order valence-corrected chi connectivity index (χ1v) is 7.40. The Morgan fingerprint density at radius 1 is 1.00 bits per heavy atom. The van der Waals surface area contributed by atoms with Crippen LogP contribution in [0.1, 0.15) is 48.0 Å². The lowest BCUT2D eigenvalue weighted by Gasteiger charge is -2.30. The average Bonchev–Trinajstić information content (AvgIpc) is 2.85. The maximum Gasteiger partial charge on any atom is 0.348 e. The number of carbonyl (C=O) groups excluding carboxylic acids is 2. The zero-order valence-corrected chi connectivity index (χ0v) is 14.5. The van der Waals surface area contributed by atoms with Crippen molar-refractivity contribution < 1.29 is 19.1 Å². The van der Waals surface area contributed by atoms with E-state index in [1.54, 1.807) is 66.1 Å². The van der Waals surface area contributed by atoms with Gasteiger partial charge in [-0.1, -0.05) is 0 Å². The van der Waals surface area contributed by atoms with Crippen LogP contribution in [0, 0.1) is 11.3 Å². The zero-order valence-electron chi connectivity index (χ0n) is 14.5. The van der Waals surface area contributed by atoms with E-state index < -0.39 is 35.1 Å². The maximum absolute atomic E-state index is 12.6. The lowest BCUT2D eigenvalue weighted by atomic mass is 9.96. The van der Waals surface area contributed by atoms with Crippen LogP contribution in [0.3, 0.4) is 0 Å². The Morgan fingerprint density at radius 2 is 1.48 bits per heavy atom. The first-order chi connectivity index (χ1) is 10.4. The Balaban J connectivity index is 3.19. The van der Waals surface area contributed by atoms with Gasteiger partial charge in [-0.3, -0.25) is 4.79 Å². The number of nitriles is 1. The molecule has 0 spiro atoms. The quantitative estimate of drug-likeness (QED) is 0.797. The van der Waals surface area contributed by atoms with E-state index >= 15 is 0 Å². The van der Waals surface area contributed by atoms with Gasteiger partial charge in [-0.05, 0) is 53.7 Å². The highest BCUT2D eigenvalue weighted by Gasteiger charge is 2.46. The minimum atomic E-state index is -1.79. The highest BCUT2D eigenvalue weighted by molar-refractivity contribution is 5.88. The number of hydrogen-bond acceptors (Lipinski definition) is 5. The van der Waals surface area contributed by atoms with Crippen molar-refractivity contribution >= 4 is 11.9 Å². The van der Waals surface area contributed by atoms with Gasteiger partial charge in [0.1, 0.15) is 17.3 Å². The van der Waals surface area contributed by atoms with E-state index in [1.165, 1.54) is 4.57 Å². The van der Waals surface area contributed by atoms with Crippen molar-refractivity contribution in [2.24, 2.45) is 0 Å². The molecule has 1 aromatic rings. The molecule has 0 N–H and O–H groups in total. The molecule has 0 bridgehead atoms. The van der Waals surface area contributed by atoms with Crippen LogP contribution in [0.5, 0.6) is 0 Å². The smallest absolute Gasteiger partial charge is 0.348 e. The van der Waals surface area contributed by atoms with E-state index in [0.29, 0.717) is 0 Å². The summed E-state index contributed by atoms with van der Waals surface area (Å²) in [4.78, 5) is 24.8. The number of aromatic nitrogens is 1. The second-order valence-corrected chi connectivity index (χ2v) is 7.33. The summed E-state index contributed by atoms with van der Waals surface area (Å²) in [6, 6.07) is 5.29. The first-order valence-electron chi connectivity index (χ1n) is 7.40. The van der Waals surface area contributed by atoms with E-state index in [-0.39, 0.29) is 0 Å². The summed E-state index contributed by atoms with van der Waals surface area (Å²) in [6.45, 7) is 10.3. The number of carbonyl (C=O) groups is 2. The van der Waals surface area contributed by atoms with Crippen molar-refractivity contribution in [1.29, 1.82) is 5.26 Å². The minimum absolute atomic E-state index is 0.426. The third-order valence-electron chi connectivity index (χ3n) is 2.79. The molecule has 0 unspecified atom stereocenters. The lowest BCUT2D eigenvalue weighted by molar-refractivity contribution is -0.170. The topological polar surface area (TPSA) is 81.3 Å². The molecule has 0 aromatic carbocycles. The number of ether oxygens (including phenoxy) is 2. The Morgan fingerprint density at radius 3 is 1.87 bits per heavy atom. The highest BCUT2D eigenvalue weighted by atomic mass is 16.6. The minimum Gasteiger partial charge on any atom is -0.460 e. The molecule has 6 nitrogen and oxygen atoms in total. The monoisotopic (exact) mass is 320 g/mol. The largest absolute Gasteiger partial charge is 0.460 e. The van der Waals surface area contributed by atoms with Crippen molar-refractivity contribution in [3.63, 3.8) is 0 Å². The standard InChI is InChI=1S/C17H24N2O4/c1-15(2,3)22-13(20)11-17(12-18,19-9-7-8-10-19)14(21)23-16(4,5)6/h7-10H,11H2,1-6H3/t17-/m1/s1. The highest BCUT2D eigenvalue weighted by Crippen LogP contribution is 2.27. The van der Waals surface area contributed by atoms with Crippen molar-refractivity contribution in [1.82, 2.24) is 4.57 Å². The van der Waals surface area contributed by atoms with Crippen molar-refractivity contribution in [2.75, 3.05) is 0 Å². The number of hydrogen-bond donors (Lipinski definition) is 0. The Labute approximate surface area is 137 Å². The van der Waals surface area contributed by atoms with Crippen LogP contribution >= 0.6 is 0 Å². The third kappa shape index (κ3) is 5.13. The predicted octanol–water partition coefficient (Wildman–Crippen LogP) is 2.78. The van der Waals surface area contributed by atoms with Crippen LogP contribution < -0.4 is 0 Å². The first kappa shape index (κ1) is 18.8. The fourth-order valence-electron chi connectivity index (χ4n) is 1.95. The van der Waals surface area contributed by atoms with Crippen LogP contribution in [0.2, 0.25) is 0 Å². The molecule has 0 fully saturated rings. The summed E-state index contributed by atoms with van der Waals surface area (Å²) in [5.41, 5.74) is -3.28. The molecule has 1 atom stereocenters. The molecule has 1 rings (SSSR count). The van der Waals surface area contributed by atoms with Gasteiger partial charge in [0.15, 0.2) is 0 Å². The fraction of sp³-hybridized carbons (Fsp3) is 0.588. The molecule has 0 aliphatic carbocycles. The van der Waals surface area contributed by atoms with Gasteiger partial charge >= 0.3 is 11.9 Å². The molecule has 126 valence electrons. The van der Waals surface area contributed by atoms with Crippen LogP contribution in [-0.2, 0) is 24.6 Å². The lowest BCUT2D eigenvalue weighted by Crippen LogP contribution is -2.46. The Bertz CT molecular complexity index is 600.